The van der Waals surface area contributed by atoms with Crippen LogP contribution in [0.5, 0.6) is 0 Å². The Bertz CT molecular complexity index is 613. The maximum Gasteiger partial charge on any atom is 0.317 e. The predicted octanol–water partition coefficient (Wildman–Crippen LogP) is 1.10. The lowest BCUT2D eigenvalue weighted by molar-refractivity contribution is -0.121. The summed E-state index contributed by atoms with van der Waals surface area (Å²) >= 11 is 0. The van der Waals surface area contributed by atoms with Gasteiger partial charge in [0.05, 0.1) is 25.2 Å². The van der Waals surface area contributed by atoms with E-state index >= 15 is 0 Å². The molecule has 3 N–H and O–H groups in total. The molecule has 0 saturated carbocycles. The molecule has 3 amide bonds. The molecule has 7 heteroatoms. The summed E-state index contributed by atoms with van der Waals surface area (Å²) < 4.78 is 5.38. The van der Waals surface area contributed by atoms with Gasteiger partial charge >= 0.3 is 6.03 Å². The standard InChI is InChI=1S/C18H26N4O3/c1-13(20-18(24)22-7-6-15(12-22)17(19)23)14-2-4-16(5-3-14)21-8-10-25-11-9-21/h2-5,13,15H,6-12H2,1H3,(H2,19,23)(H,20,24)/t13-,15+/m1/s1. The maximum atomic E-state index is 12.4. The molecule has 2 aliphatic heterocycles. The fourth-order valence-electron chi connectivity index (χ4n) is 3.33. The van der Waals surface area contributed by atoms with Crippen molar-refractivity contribution < 1.29 is 14.3 Å². The molecule has 0 aliphatic carbocycles. The highest BCUT2D eigenvalue weighted by Crippen LogP contribution is 2.21. The molecule has 1 aromatic rings. The molecule has 7 nitrogen and oxygen atoms in total. The lowest BCUT2D eigenvalue weighted by atomic mass is 10.1. The number of rotatable bonds is 4. The number of amides is 3. The summed E-state index contributed by atoms with van der Waals surface area (Å²) in [6, 6.07) is 8.02. The Kier molecular flexibility index (Phi) is 5.43. The van der Waals surface area contributed by atoms with Crippen molar-refractivity contribution >= 4 is 17.6 Å². The topological polar surface area (TPSA) is 87.9 Å². The van der Waals surface area contributed by atoms with Gasteiger partial charge in [0, 0.05) is 31.9 Å². The minimum Gasteiger partial charge on any atom is -0.378 e. The Labute approximate surface area is 148 Å². The average Bonchev–Trinajstić information content (AvgIpc) is 3.13. The van der Waals surface area contributed by atoms with Gasteiger partial charge in [-0.25, -0.2) is 4.79 Å². The smallest absolute Gasteiger partial charge is 0.317 e. The molecule has 2 heterocycles. The first-order valence-electron chi connectivity index (χ1n) is 8.82. The van der Waals surface area contributed by atoms with Crippen LogP contribution in [0.25, 0.3) is 0 Å². The lowest BCUT2D eigenvalue weighted by Gasteiger charge is -2.29. The Morgan fingerprint density at radius 3 is 2.48 bits per heavy atom. The van der Waals surface area contributed by atoms with E-state index in [0.717, 1.165) is 31.9 Å². The van der Waals surface area contributed by atoms with Gasteiger partial charge < -0.3 is 25.6 Å². The number of morpholine rings is 1. The van der Waals surface area contributed by atoms with E-state index in [1.807, 2.05) is 19.1 Å². The summed E-state index contributed by atoms with van der Waals surface area (Å²) in [6.45, 7) is 6.27. The van der Waals surface area contributed by atoms with Gasteiger partial charge in [-0.05, 0) is 31.0 Å². The number of urea groups is 1. The first-order valence-corrected chi connectivity index (χ1v) is 8.82. The van der Waals surface area contributed by atoms with Crippen LogP contribution in [-0.2, 0) is 9.53 Å². The normalized spacial score (nSPS) is 21.9. The third-order valence-electron chi connectivity index (χ3n) is 4.99. The Morgan fingerprint density at radius 1 is 1.20 bits per heavy atom. The fourth-order valence-corrected chi connectivity index (χ4v) is 3.33. The summed E-state index contributed by atoms with van der Waals surface area (Å²) in [5, 5.41) is 3.00. The van der Waals surface area contributed by atoms with Crippen LogP contribution >= 0.6 is 0 Å². The van der Waals surface area contributed by atoms with Crippen LogP contribution < -0.4 is 16.0 Å². The van der Waals surface area contributed by atoms with E-state index in [4.69, 9.17) is 10.5 Å². The van der Waals surface area contributed by atoms with E-state index in [2.05, 4.69) is 22.3 Å². The van der Waals surface area contributed by atoms with Gasteiger partial charge in [-0.1, -0.05) is 12.1 Å². The highest BCUT2D eigenvalue weighted by atomic mass is 16.5. The zero-order valence-corrected chi connectivity index (χ0v) is 14.6. The van der Waals surface area contributed by atoms with Crippen LogP contribution in [0.1, 0.15) is 24.9 Å². The number of carbonyl (C=O) groups excluding carboxylic acids is 2. The van der Waals surface area contributed by atoms with Gasteiger partial charge in [0.25, 0.3) is 0 Å². The fraction of sp³-hybridized carbons (Fsp3) is 0.556. The Hall–Kier alpha value is -2.28. The molecule has 3 rings (SSSR count). The third kappa shape index (κ3) is 4.22. The Balaban J connectivity index is 1.55. The summed E-state index contributed by atoms with van der Waals surface area (Å²) in [5.74, 6) is -0.559. The van der Waals surface area contributed by atoms with E-state index in [1.165, 1.54) is 5.69 Å². The van der Waals surface area contributed by atoms with Gasteiger partial charge in [0.1, 0.15) is 0 Å². The molecule has 0 unspecified atom stereocenters. The summed E-state index contributed by atoms with van der Waals surface area (Å²) in [7, 11) is 0. The van der Waals surface area contributed by atoms with Gasteiger partial charge in [0.2, 0.25) is 5.91 Å². The molecule has 2 aliphatic rings. The van der Waals surface area contributed by atoms with E-state index in [0.29, 0.717) is 19.5 Å². The van der Waals surface area contributed by atoms with Gasteiger partial charge in [-0.3, -0.25) is 4.79 Å². The molecule has 0 aromatic heterocycles. The highest BCUT2D eigenvalue weighted by Gasteiger charge is 2.30. The van der Waals surface area contributed by atoms with Crippen molar-refractivity contribution in [2.75, 3.05) is 44.3 Å². The first-order chi connectivity index (χ1) is 12.0. The van der Waals surface area contributed by atoms with Gasteiger partial charge in [-0.15, -0.1) is 0 Å². The zero-order valence-electron chi connectivity index (χ0n) is 14.6. The number of anilines is 1. The quantitative estimate of drug-likeness (QED) is 0.855. The monoisotopic (exact) mass is 346 g/mol. The van der Waals surface area contributed by atoms with Crippen LogP contribution in [-0.4, -0.2) is 56.2 Å². The second kappa shape index (κ2) is 7.74. The summed E-state index contributed by atoms with van der Waals surface area (Å²) in [4.78, 5) is 27.5. The number of ether oxygens (including phenoxy) is 1. The van der Waals surface area contributed by atoms with Crippen LogP contribution in [0, 0.1) is 5.92 Å². The molecule has 0 spiro atoms. The summed E-state index contributed by atoms with van der Waals surface area (Å²) in [6.07, 6.45) is 0.644. The van der Waals surface area contributed by atoms with Crippen LogP contribution in [0.4, 0.5) is 10.5 Å². The number of nitrogens with two attached hydrogens (primary N) is 1. The number of hydrogen-bond acceptors (Lipinski definition) is 4. The van der Waals surface area contributed by atoms with Crippen LogP contribution in [0.15, 0.2) is 24.3 Å². The van der Waals surface area contributed by atoms with Crippen molar-refractivity contribution in [1.82, 2.24) is 10.2 Å². The van der Waals surface area contributed by atoms with Crippen molar-refractivity contribution in [2.24, 2.45) is 11.7 Å². The zero-order chi connectivity index (χ0) is 17.8. The second-order valence-electron chi connectivity index (χ2n) is 6.70. The Morgan fingerprint density at radius 2 is 1.88 bits per heavy atom. The third-order valence-corrected chi connectivity index (χ3v) is 4.99. The molecule has 136 valence electrons. The second-order valence-corrected chi connectivity index (χ2v) is 6.70. The molecular weight excluding hydrogens is 320 g/mol. The minimum atomic E-state index is -0.331. The number of primary amides is 1. The molecule has 25 heavy (non-hydrogen) atoms. The van der Waals surface area contributed by atoms with Crippen molar-refractivity contribution in [3.8, 4) is 0 Å². The average molecular weight is 346 g/mol. The van der Waals surface area contributed by atoms with Gasteiger partial charge in [0.15, 0.2) is 0 Å². The van der Waals surface area contributed by atoms with Crippen molar-refractivity contribution in [3.63, 3.8) is 0 Å². The molecule has 1 aromatic carbocycles. The van der Waals surface area contributed by atoms with E-state index < -0.39 is 0 Å². The number of nitrogens with one attached hydrogen (secondary N) is 1. The summed E-state index contributed by atoms with van der Waals surface area (Å²) in [5.41, 5.74) is 7.55. The highest BCUT2D eigenvalue weighted by molar-refractivity contribution is 5.80. The molecule has 2 fully saturated rings. The van der Waals surface area contributed by atoms with Crippen LogP contribution in [0.2, 0.25) is 0 Å². The maximum absolute atomic E-state index is 12.4. The molecule has 2 saturated heterocycles. The minimum absolute atomic E-state index is 0.0983. The molecule has 0 radical (unpaired) electrons. The van der Waals surface area contributed by atoms with E-state index in [9.17, 15) is 9.59 Å². The van der Waals surface area contributed by atoms with Crippen LogP contribution in [0.3, 0.4) is 0 Å². The molecule has 2 atom stereocenters. The van der Waals surface area contributed by atoms with Gasteiger partial charge in [-0.2, -0.15) is 0 Å². The number of carbonyl (C=O) groups is 2. The van der Waals surface area contributed by atoms with Crippen molar-refractivity contribution in [3.05, 3.63) is 29.8 Å². The largest absolute Gasteiger partial charge is 0.378 e. The molecule has 0 bridgehead atoms. The number of hydrogen-bond donors (Lipinski definition) is 2. The SMILES string of the molecule is C[C@@H](NC(=O)N1CC[C@H](C(N)=O)C1)c1ccc(N2CCOCC2)cc1. The van der Waals surface area contributed by atoms with E-state index in [1.54, 1.807) is 4.90 Å². The van der Waals surface area contributed by atoms with Crippen molar-refractivity contribution in [2.45, 2.75) is 19.4 Å². The molecular formula is C18H26N4O3. The lowest BCUT2D eigenvalue weighted by Crippen LogP contribution is -2.40. The first kappa shape index (κ1) is 17.5. The number of benzene rings is 1. The number of likely N-dealkylation sites (tertiary alicyclic amines) is 1. The van der Waals surface area contributed by atoms with E-state index in [-0.39, 0.29) is 23.9 Å². The predicted molar refractivity (Wildman–Crippen MR) is 95.3 cm³/mol. The van der Waals surface area contributed by atoms with Crippen molar-refractivity contribution in [1.29, 1.82) is 0 Å². The number of nitrogens with zero attached hydrogens (tertiary/aromatic N) is 2.